The number of hydrogen-bond acceptors (Lipinski definition) is 7. The number of pyridine rings is 1. The molecule has 4 heterocycles. The zero-order valence-electron chi connectivity index (χ0n) is 16.5. The SMILES string of the molecule is CN1CCC(O)(c2cc(-c3ccnc(-n4nc(C(N)=O)c5ccccc54)c3)no2)C1=O. The number of rotatable bonds is 4. The number of amides is 2. The predicted molar refractivity (Wildman–Crippen MR) is 109 cm³/mol. The van der Waals surface area contributed by atoms with Crippen LogP contribution in [0.4, 0.5) is 0 Å². The summed E-state index contributed by atoms with van der Waals surface area (Å²) in [5.74, 6) is -0.517. The van der Waals surface area contributed by atoms with Crippen molar-refractivity contribution in [2.75, 3.05) is 13.6 Å². The highest BCUT2D eigenvalue weighted by Crippen LogP contribution is 2.35. The van der Waals surface area contributed by atoms with Crippen molar-refractivity contribution >= 4 is 22.7 Å². The minimum absolute atomic E-state index is 0.0933. The fourth-order valence-corrected chi connectivity index (χ4v) is 3.81. The second kappa shape index (κ2) is 6.74. The summed E-state index contributed by atoms with van der Waals surface area (Å²) in [5.41, 5.74) is 5.66. The lowest BCUT2D eigenvalue weighted by Gasteiger charge is -2.16. The second-order valence-electron chi connectivity index (χ2n) is 7.46. The molecule has 31 heavy (non-hydrogen) atoms. The number of likely N-dealkylation sites (N-methyl/N-ethyl adjacent to an activating group) is 1. The monoisotopic (exact) mass is 418 g/mol. The van der Waals surface area contributed by atoms with Crippen LogP contribution in [-0.2, 0) is 10.4 Å². The standard InChI is InChI=1S/C21H18N6O4/c1-26-9-7-21(30,20(26)29)16-11-14(25-31-16)12-6-8-23-17(10-12)27-15-5-3-2-4-13(15)18(24-27)19(22)28/h2-6,8,10-11,30H,7,9H2,1H3,(H2,22,28). The molecule has 0 radical (unpaired) electrons. The van der Waals surface area contributed by atoms with Crippen LogP contribution in [0.25, 0.3) is 28.0 Å². The molecular weight excluding hydrogens is 400 g/mol. The maximum atomic E-state index is 12.3. The molecule has 0 bridgehead atoms. The highest BCUT2D eigenvalue weighted by molar-refractivity contribution is 6.04. The molecule has 0 aliphatic carbocycles. The number of likely N-dealkylation sites (tertiary alicyclic amines) is 1. The van der Waals surface area contributed by atoms with Crippen molar-refractivity contribution < 1.29 is 19.2 Å². The summed E-state index contributed by atoms with van der Waals surface area (Å²) >= 11 is 0. The Morgan fingerprint density at radius 2 is 2.06 bits per heavy atom. The molecule has 1 aliphatic heterocycles. The molecule has 1 aliphatic rings. The summed E-state index contributed by atoms with van der Waals surface area (Å²) in [4.78, 5) is 29.9. The fraction of sp³-hybridized carbons (Fsp3) is 0.190. The van der Waals surface area contributed by atoms with E-state index in [0.29, 0.717) is 34.5 Å². The predicted octanol–water partition coefficient (Wildman–Crippen LogP) is 1.22. The van der Waals surface area contributed by atoms with Gasteiger partial charge in [0.05, 0.1) is 5.52 Å². The third-order valence-corrected chi connectivity index (χ3v) is 5.51. The van der Waals surface area contributed by atoms with Gasteiger partial charge in [-0.15, -0.1) is 0 Å². The van der Waals surface area contributed by atoms with Crippen LogP contribution in [0.2, 0.25) is 0 Å². The zero-order chi connectivity index (χ0) is 21.8. The molecule has 5 rings (SSSR count). The van der Waals surface area contributed by atoms with Gasteiger partial charge in [-0.05, 0) is 18.2 Å². The Morgan fingerprint density at radius 1 is 1.26 bits per heavy atom. The first-order valence-electron chi connectivity index (χ1n) is 9.58. The van der Waals surface area contributed by atoms with E-state index in [1.807, 2.05) is 12.1 Å². The number of carbonyl (C=O) groups excluding carboxylic acids is 2. The van der Waals surface area contributed by atoms with Crippen LogP contribution in [0.5, 0.6) is 0 Å². The smallest absolute Gasteiger partial charge is 0.269 e. The van der Waals surface area contributed by atoms with E-state index in [1.54, 1.807) is 43.6 Å². The van der Waals surface area contributed by atoms with E-state index in [-0.39, 0.29) is 17.9 Å². The number of nitrogens with zero attached hydrogens (tertiary/aromatic N) is 5. The normalized spacial score (nSPS) is 18.8. The van der Waals surface area contributed by atoms with Crippen LogP contribution >= 0.6 is 0 Å². The molecule has 3 N–H and O–H groups in total. The fourth-order valence-electron chi connectivity index (χ4n) is 3.81. The van der Waals surface area contributed by atoms with Gasteiger partial charge < -0.3 is 20.3 Å². The Kier molecular flexibility index (Phi) is 4.12. The van der Waals surface area contributed by atoms with Crippen molar-refractivity contribution in [1.29, 1.82) is 0 Å². The summed E-state index contributed by atoms with van der Waals surface area (Å²) in [7, 11) is 1.63. The Bertz CT molecular complexity index is 1340. The number of aliphatic hydroxyl groups is 1. The van der Waals surface area contributed by atoms with Gasteiger partial charge in [0.2, 0.25) is 5.60 Å². The van der Waals surface area contributed by atoms with Gasteiger partial charge in [-0.1, -0.05) is 23.4 Å². The summed E-state index contributed by atoms with van der Waals surface area (Å²) in [6, 6.07) is 12.2. The number of carbonyl (C=O) groups is 2. The first-order valence-corrected chi connectivity index (χ1v) is 9.58. The summed E-state index contributed by atoms with van der Waals surface area (Å²) in [5, 5.41) is 19.8. The summed E-state index contributed by atoms with van der Waals surface area (Å²) in [6.07, 6.45) is 1.80. The minimum Gasteiger partial charge on any atom is -0.373 e. The van der Waals surface area contributed by atoms with Gasteiger partial charge in [-0.25, -0.2) is 9.67 Å². The molecule has 1 unspecified atom stereocenters. The molecule has 1 aromatic carbocycles. The maximum absolute atomic E-state index is 12.3. The quantitative estimate of drug-likeness (QED) is 0.508. The number of fused-ring (bicyclic) bond motifs is 1. The van der Waals surface area contributed by atoms with Gasteiger partial charge in [0.25, 0.3) is 11.8 Å². The van der Waals surface area contributed by atoms with Gasteiger partial charge in [0.1, 0.15) is 5.69 Å². The molecule has 2 amide bonds. The average molecular weight is 418 g/mol. The topological polar surface area (TPSA) is 140 Å². The van der Waals surface area contributed by atoms with Crippen LogP contribution in [-0.4, -0.2) is 55.3 Å². The van der Waals surface area contributed by atoms with E-state index >= 15 is 0 Å². The van der Waals surface area contributed by atoms with Gasteiger partial charge in [0.15, 0.2) is 17.3 Å². The van der Waals surface area contributed by atoms with Crippen LogP contribution in [0.3, 0.4) is 0 Å². The highest BCUT2D eigenvalue weighted by Gasteiger charge is 2.48. The van der Waals surface area contributed by atoms with E-state index in [2.05, 4.69) is 15.2 Å². The lowest BCUT2D eigenvalue weighted by molar-refractivity contribution is -0.144. The zero-order valence-corrected chi connectivity index (χ0v) is 16.5. The van der Waals surface area contributed by atoms with Crippen LogP contribution in [0, 0.1) is 0 Å². The lowest BCUT2D eigenvalue weighted by Crippen LogP contribution is -2.35. The largest absolute Gasteiger partial charge is 0.373 e. The molecule has 0 saturated carbocycles. The van der Waals surface area contributed by atoms with E-state index in [0.717, 1.165) is 0 Å². The van der Waals surface area contributed by atoms with E-state index in [9.17, 15) is 14.7 Å². The van der Waals surface area contributed by atoms with Crippen LogP contribution in [0.15, 0.2) is 53.2 Å². The van der Waals surface area contributed by atoms with E-state index < -0.39 is 17.4 Å². The Morgan fingerprint density at radius 3 is 2.81 bits per heavy atom. The number of para-hydroxylation sites is 1. The first-order chi connectivity index (χ1) is 14.9. The molecule has 10 nitrogen and oxygen atoms in total. The number of primary amides is 1. The molecular formula is C21H18N6O4. The number of nitrogens with two attached hydrogens (primary N) is 1. The van der Waals surface area contributed by atoms with E-state index in [1.165, 1.54) is 9.58 Å². The van der Waals surface area contributed by atoms with Crippen molar-refractivity contribution in [3.8, 4) is 17.1 Å². The van der Waals surface area contributed by atoms with Crippen molar-refractivity contribution in [2.24, 2.45) is 5.73 Å². The Hall–Kier alpha value is -4.05. The van der Waals surface area contributed by atoms with Crippen molar-refractivity contribution in [2.45, 2.75) is 12.0 Å². The molecule has 0 spiro atoms. The van der Waals surface area contributed by atoms with Gasteiger partial charge in [-0.3, -0.25) is 9.59 Å². The number of hydrogen-bond donors (Lipinski definition) is 2. The second-order valence-corrected chi connectivity index (χ2v) is 7.46. The number of aromatic nitrogens is 4. The van der Waals surface area contributed by atoms with Crippen molar-refractivity contribution in [3.05, 3.63) is 60.1 Å². The van der Waals surface area contributed by atoms with Crippen molar-refractivity contribution in [1.82, 2.24) is 24.8 Å². The third kappa shape index (κ3) is 2.88. The first kappa shape index (κ1) is 18.9. The van der Waals surface area contributed by atoms with Gasteiger partial charge in [0, 0.05) is 43.2 Å². The van der Waals surface area contributed by atoms with Crippen LogP contribution < -0.4 is 5.73 Å². The summed E-state index contributed by atoms with van der Waals surface area (Å²) in [6.45, 7) is 0.430. The number of benzene rings is 1. The third-order valence-electron chi connectivity index (χ3n) is 5.51. The maximum Gasteiger partial charge on any atom is 0.269 e. The summed E-state index contributed by atoms with van der Waals surface area (Å²) < 4.78 is 6.86. The van der Waals surface area contributed by atoms with E-state index in [4.69, 9.17) is 10.3 Å². The van der Waals surface area contributed by atoms with Gasteiger partial charge in [-0.2, -0.15) is 5.10 Å². The van der Waals surface area contributed by atoms with Crippen LogP contribution in [0.1, 0.15) is 22.7 Å². The average Bonchev–Trinajstić information content (AvgIpc) is 3.48. The molecule has 4 aromatic rings. The van der Waals surface area contributed by atoms with Crippen molar-refractivity contribution in [3.63, 3.8) is 0 Å². The van der Waals surface area contributed by atoms with Gasteiger partial charge >= 0.3 is 0 Å². The molecule has 1 fully saturated rings. The molecule has 3 aromatic heterocycles. The highest BCUT2D eigenvalue weighted by atomic mass is 16.5. The molecule has 10 heteroatoms. The Balaban J connectivity index is 1.56. The minimum atomic E-state index is -1.72. The molecule has 1 atom stereocenters. The molecule has 156 valence electrons. The molecule has 1 saturated heterocycles. The lowest BCUT2D eigenvalue weighted by atomic mass is 9.98. The Labute approximate surface area is 175 Å².